The molecule has 1 rings (SSSR count). The SMILES string of the molecule is CCOC(=O)c1cccnc1NCCOCC(C)C. The van der Waals surface area contributed by atoms with Gasteiger partial charge in [0.2, 0.25) is 0 Å². The number of carbonyl (C=O) groups excluding carboxylic acids is 1. The third-order valence-electron chi connectivity index (χ3n) is 2.29. The van der Waals surface area contributed by atoms with Crippen LogP contribution in [-0.4, -0.2) is 37.3 Å². The van der Waals surface area contributed by atoms with Crippen LogP contribution in [0.4, 0.5) is 5.82 Å². The molecule has 0 aliphatic rings. The summed E-state index contributed by atoms with van der Waals surface area (Å²) in [6.07, 6.45) is 1.64. The maximum atomic E-state index is 11.7. The third kappa shape index (κ3) is 5.70. The van der Waals surface area contributed by atoms with E-state index in [0.29, 0.717) is 37.1 Å². The number of esters is 1. The number of rotatable bonds is 8. The van der Waals surface area contributed by atoms with Crippen LogP contribution in [0.3, 0.4) is 0 Å². The largest absolute Gasteiger partial charge is 0.462 e. The van der Waals surface area contributed by atoms with Gasteiger partial charge in [0.1, 0.15) is 11.4 Å². The summed E-state index contributed by atoms with van der Waals surface area (Å²) in [4.78, 5) is 15.9. The van der Waals surface area contributed by atoms with Gasteiger partial charge in [-0.05, 0) is 25.0 Å². The van der Waals surface area contributed by atoms with Gasteiger partial charge in [-0.15, -0.1) is 0 Å². The molecule has 0 radical (unpaired) electrons. The van der Waals surface area contributed by atoms with Crippen LogP contribution in [0.25, 0.3) is 0 Å². The van der Waals surface area contributed by atoms with Crippen molar-refractivity contribution >= 4 is 11.8 Å². The van der Waals surface area contributed by atoms with Crippen LogP contribution in [0.1, 0.15) is 31.1 Å². The van der Waals surface area contributed by atoms with Crippen LogP contribution in [0.2, 0.25) is 0 Å². The highest BCUT2D eigenvalue weighted by atomic mass is 16.5. The van der Waals surface area contributed by atoms with E-state index in [1.165, 1.54) is 0 Å². The van der Waals surface area contributed by atoms with Gasteiger partial charge in [0.15, 0.2) is 0 Å². The predicted molar refractivity (Wildman–Crippen MR) is 74.3 cm³/mol. The molecule has 0 aromatic carbocycles. The van der Waals surface area contributed by atoms with Gasteiger partial charge in [0.05, 0.1) is 13.2 Å². The highest BCUT2D eigenvalue weighted by Gasteiger charge is 2.12. The Balaban J connectivity index is 2.47. The molecule has 0 spiro atoms. The summed E-state index contributed by atoms with van der Waals surface area (Å²) in [6, 6.07) is 3.41. The molecule has 1 aromatic heterocycles. The van der Waals surface area contributed by atoms with Crippen molar-refractivity contribution in [2.45, 2.75) is 20.8 Å². The number of carbonyl (C=O) groups is 1. The minimum absolute atomic E-state index is 0.352. The molecule has 0 saturated carbocycles. The van der Waals surface area contributed by atoms with Crippen molar-refractivity contribution < 1.29 is 14.3 Å². The zero-order chi connectivity index (χ0) is 14.1. The van der Waals surface area contributed by atoms with Crippen molar-refractivity contribution in [1.29, 1.82) is 0 Å². The van der Waals surface area contributed by atoms with E-state index in [-0.39, 0.29) is 5.97 Å². The Morgan fingerprint density at radius 1 is 1.47 bits per heavy atom. The molecule has 0 atom stereocenters. The molecule has 0 aliphatic heterocycles. The van der Waals surface area contributed by atoms with Crippen LogP contribution >= 0.6 is 0 Å². The summed E-state index contributed by atoms with van der Waals surface area (Å²) in [5.74, 6) is 0.695. The van der Waals surface area contributed by atoms with Crippen molar-refractivity contribution in [3.05, 3.63) is 23.9 Å². The third-order valence-corrected chi connectivity index (χ3v) is 2.29. The van der Waals surface area contributed by atoms with Crippen LogP contribution in [0.15, 0.2) is 18.3 Å². The molecule has 5 heteroatoms. The second-order valence-electron chi connectivity index (χ2n) is 4.52. The molecule has 1 heterocycles. The fourth-order valence-electron chi connectivity index (χ4n) is 1.48. The van der Waals surface area contributed by atoms with Crippen LogP contribution < -0.4 is 5.32 Å². The summed E-state index contributed by atoms with van der Waals surface area (Å²) in [7, 11) is 0. The first-order chi connectivity index (χ1) is 9.15. The lowest BCUT2D eigenvalue weighted by Crippen LogP contribution is -2.16. The van der Waals surface area contributed by atoms with Crippen molar-refractivity contribution in [2.24, 2.45) is 5.92 Å². The van der Waals surface area contributed by atoms with E-state index in [0.717, 1.165) is 6.61 Å². The summed E-state index contributed by atoms with van der Waals surface area (Å²) >= 11 is 0. The van der Waals surface area contributed by atoms with Crippen LogP contribution in [0, 0.1) is 5.92 Å². The first-order valence-corrected chi connectivity index (χ1v) is 6.59. The normalized spacial score (nSPS) is 10.5. The smallest absolute Gasteiger partial charge is 0.341 e. The molecule has 19 heavy (non-hydrogen) atoms. The van der Waals surface area contributed by atoms with Gasteiger partial charge in [0, 0.05) is 19.3 Å². The number of aromatic nitrogens is 1. The standard InChI is InChI=1S/C14H22N2O3/c1-4-19-14(17)12-6-5-7-15-13(12)16-8-9-18-10-11(2)3/h5-7,11H,4,8-10H2,1-3H3,(H,15,16). The van der Waals surface area contributed by atoms with E-state index in [1.807, 2.05) is 0 Å². The van der Waals surface area contributed by atoms with Crippen molar-refractivity contribution in [3.63, 3.8) is 0 Å². The first kappa shape index (κ1) is 15.4. The Morgan fingerprint density at radius 3 is 2.95 bits per heavy atom. The minimum Gasteiger partial charge on any atom is -0.462 e. The van der Waals surface area contributed by atoms with Crippen molar-refractivity contribution in [2.75, 3.05) is 31.7 Å². The maximum Gasteiger partial charge on any atom is 0.341 e. The average Bonchev–Trinajstić information content (AvgIpc) is 2.38. The average molecular weight is 266 g/mol. The Labute approximate surface area is 114 Å². The topological polar surface area (TPSA) is 60.5 Å². The number of ether oxygens (including phenoxy) is 2. The molecular formula is C14H22N2O3. The lowest BCUT2D eigenvalue weighted by molar-refractivity contribution is 0.0527. The van der Waals surface area contributed by atoms with Gasteiger partial charge in [0.25, 0.3) is 0 Å². The lowest BCUT2D eigenvalue weighted by Gasteiger charge is -2.11. The van der Waals surface area contributed by atoms with E-state index < -0.39 is 0 Å². The molecule has 0 unspecified atom stereocenters. The summed E-state index contributed by atoms with van der Waals surface area (Å²) in [6.45, 7) is 8.25. The second-order valence-corrected chi connectivity index (χ2v) is 4.52. The number of pyridine rings is 1. The Kier molecular flexibility index (Phi) is 6.89. The van der Waals surface area contributed by atoms with Gasteiger partial charge in [-0.1, -0.05) is 13.8 Å². The summed E-state index contributed by atoms with van der Waals surface area (Å²) < 4.78 is 10.4. The number of hydrogen-bond acceptors (Lipinski definition) is 5. The molecule has 0 aliphatic carbocycles. The second kappa shape index (κ2) is 8.48. The number of nitrogens with one attached hydrogen (secondary N) is 1. The summed E-state index contributed by atoms with van der Waals surface area (Å²) in [5, 5.41) is 3.09. The molecule has 5 nitrogen and oxygen atoms in total. The van der Waals surface area contributed by atoms with Crippen LogP contribution in [-0.2, 0) is 9.47 Å². The zero-order valence-electron chi connectivity index (χ0n) is 11.8. The predicted octanol–water partition coefficient (Wildman–Crippen LogP) is 2.34. The monoisotopic (exact) mass is 266 g/mol. The van der Waals surface area contributed by atoms with E-state index in [2.05, 4.69) is 24.1 Å². The van der Waals surface area contributed by atoms with E-state index >= 15 is 0 Å². The molecule has 1 aromatic rings. The molecule has 0 amide bonds. The zero-order valence-corrected chi connectivity index (χ0v) is 11.8. The molecule has 106 valence electrons. The Hall–Kier alpha value is -1.62. The molecular weight excluding hydrogens is 244 g/mol. The van der Waals surface area contributed by atoms with E-state index in [4.69, 9.17) is 9.47 Å². The summed E-state index contributed by atoms with van der Waals surface area (Å²) in [5.41, 5.74) is 0.452. The quantitative estimate of drug-likeness (QED) is 0.578. The van der Waals surface area contributed by atoms with Gasteiger partial charge in [-0.25, -0.2) is 9.78 Å². The van der Waals surface area contributed by atoms with Gasteiger partial charge in [-0.2, -0.15) is 0 Å². The lowest BCUT2D eigenvalue weighted by atomic mass is 10.2. The number of anilines is 1. The molecule has 0 fully saturated rings. The number of hydrogen-bond donors (Lipinski definition) is 1. The van der Waals surface area contributed by atoms with E-state index in [9.17, 15) is 4.79 Å². The highest BCUT2D eigenvalue weighted by molar-refractivity contribution is 5.94. The maximum absolute atomic E-state index is 11.7. The van der Waals surface area contributed by atoms with Crippen molar-refractivity contribution in [3.8, 4) is 0 Å². The van der Waals surface area contributed by atoms with Gasteiger partial charge >= 0.3 is 5.97 Å². The van der Waals surface area contributed by atoms with Crippen LogP contribution in [0.5, 0.6) is 0 Å². The van der Waals surface area contributed by atoms with Gasteiger partial charge in [-0.3, -0.25) is 0 Å². The van der Waals surface area contributed by atoms with Gasteiger partial charge < -0.3 is 14.8 Å². The van der Waals surface area contributed by atoms with E-state index in [1.54, 1.807) is 25.3 Å². The fraction of sp³-hybridized carbons (Fsp3) is 0.571. The molecule has 0 saturated heterocycles. The van der Waals surface area contributed by atoms with Crippen molar-refractivity contribution in [1.82, 2.24) is 4.98 Å². The molecule has 1 N–H and O–H groups in total. The fourth-order valence-corrected chi connectivity index (χ4v) is 1.48. The molecule has 0 bridgehead atoms. The highest BCUT2D eigenvalue weighted by Crippen LogP contribution is 2.12. The Morgan fingerprint density at radius 2 is 2.26 bits per heavy atom. The minimum atomic E-state index is -0.360. The Bertz CT molecular complexity index is 394. The number of nitrogens with zero attached hydrogens (tertiary/aromatic N) is 1. The first-order valence-electron chi connectivity index (χ1n) is 6.59.